The highest BCUT2D eigenvalue weighted by atomic mass is 16.7. The van der Waals surface area contributed by atoms with E-state index in [9.17, 15) is 29.8 Å². The molecule has 1 amide bonds. The number of nitro groups is 2. The Balaban J connectivity index is 1.64. The molecule has 0 aromatic heterocycles. The number of nitrogens with one attached hydrogen (secondary N) is 1. The van der Waals surface area contributed by atoms with E-state index in [2.05, 4.69) is 15.7 Å². The van der Waals surface area contributed by atoms with E-state index in [0.29, 0.717) is 11.3 Å². The largest absolute Gasteiger partial charge is 0.362 e. The second kappa shape index (κ2) is 9.87. The van der Waals surface area contributed by atoms with E-state index in [1.54, 1.807) is 24.3 Å². The van der Waals surface area contributed by atoms with Gasteiger partial charge in [0, 0.05) is 12.1 Å². The molecule has 0 unspecified atom stereocenters. The van der Waals surface area contributed by atoms with Gasteiger partial charge in [0.15, 0.2) is 0 Å². The van der Waals surface area contributed by atoms with Crippen LogP contribution < -0.4 is 5.48 Å². The van der Waals surface area contributed by atoms with Crippen LogP contribution in [0.15, 0.2) is 77.0 Å². The number of rotatable bonds is 7. The third kappa shape index (κ3) is 6.01. The van der Waals surface area contributed by atoms with Crippen molar-refractivity contribution in [1.29, 1.82) is 0 Å². The molecule has 0 atom stereocenters. The molecule has 0 aliphatic heterocycles. The summed E-state index contributed by atoms with van der Waals surface area (Å²) in [5.41, 5.74) is 2.98. The topological polar surface area (TPSA) is 166 Å². The number of nitrogens with zero attached hydrogens (tertiary/aromatic N) is 4. The van der Waals surface area contributed by atoms with Crippen molar-refractivity contribution in [3.8, 4) is 0 Å². The van der Waals surface area contributed by atoms with E-state index >= 15 is 0 Å². The summed E-state index contributed by atoms with van der Waals surface area (Å²) in [6, 6.07) is 15.3. The lowest BCUT2D eigenvalue weighted by atomic mass is 10.1. The smallest absolute Gasteiger partial charge is 0.338 e. The van der Waals surface area contributed by atoms with Crippen LogP contribution in [0.3, 0.4) is 0 Å². The Morgan fingerprint density at radius 2 is 1.42 bits per heavy atom. The molecule has 0 aliphatic rings. The standard InChI is InChI=1S/C21H15N5O7/c1-13-2-4-14(5-3-13)21(28)33-24-17-8-6-16(7-9-17)22-23-20(27)15-10-18(25(29)30)12-19(11-15)26(31)32/h2-12,24H,1H3. The van der Waals surface area contributed by atoms with Crippen molar-refractivity contribution in [2.45, 2.75) is 6.92 Å². The number of aryl methyl sites for hydroxylation is 1. The van der Waals surface area contributed by atoms with Crippen LogP contribution in [0.1, 0.15) is 26.3 Å². The van der Waals surface area contributed by atoms with E-state index in [1.807, 2.05) is 6.92 Å². The summed E-state index contributed by atoms with van der Waals surface area (Å²) in [6.07, 6.45) is 0. The van der Waals surface area contributed by atoms with Crippen LogP contribution in [-0.2, 0) is 4.84 Å². The molecule has 0 fully saturated rings. The quantitative estimate of drug-likeness (QED) is 0.301. The Kier molecular flexibility index (Phi) is 6.78. The molecule has 0 aliphatic carbocycles. The lowest BCUT2D eigenvalue weighted by molar-refractivity contribution is -0.394. The molecule has 3 aromatic rings. The lowest BCUT2D eigenvalue weighted by Crippen LogP contribution is -2.10. The summed E-state index contributed by atoms with van der Waals surface area (Å²) < 4.78 is 0. The van der Waals surface area contributed by atoms with E-state index in [1.165, 1.54) is 24.3 Å². The number of benzene rings is 3. The Morgan fingerprint density at radius 3 is 1.97 bits per heavy atom. The third-order valence-electron chi connectivity index (χ3n) is 4.24. The molecule has 12 nitrogen and oxygen atoms in total. The SMILES string of the molecule is Cc1ccc(C(=O)ONc2ccc(N=NC(=O)c3cc([N+](=O)[O-])cc([N+](=O)[O-])c3)cc2)cc1. The number of azo groups is 1. The second-order valence-electron chi connectivity index (χ2n) is 6.66. The molecule has 3 aromatic carbocycles. The highest BCUT2D eigenvalue weighted by Gasteiger charge is 2.19. The van der Waals surface area contributed by atoms with Crippen LogP contribution in [0.5, 0.6) is 0 Å². The summed E-state index contributed by atoms with van der Waals surface area (Å²) >= 11 is 0. The number of carbonyl (C=O) groups excluding carboxylic acids is 2. The van der Waals surface area contributed by atoms with Gasteiger partial charge in [0.25, 0.3) is 17.3 Å². The van der Waals surface area contributed by atoms with Crippen molar-refractivity contribution in [1.82, 2.24) is 0 Å². The Morgan fingerprint density at radius 1 is 0.848 bits per heavy atom. The summed E-state index contributed by atoms with van der Waals surface area (Å²) in [4.78, 5) is 49.4. The van der Waals surface area contributed by atoms with E-state index in [0.717, 1.165) is 23.8 Å². The lowest BCUT2D eigenvalue weighted by Gasteiger charge is -2.07. The van der Waals surface area contributed by atoms with Crippen LogP contribution in [0.4, 0.5) is 22.7 Å². The van der Waals surface area contributed by atoms with Gasteiger partial charge in [-0.2, -0.15) is 0 Å². The van der Waals surface area contributed by atoms with Gasteiger partial charge in [0.1, 0.15) is 0 Å². The van der Waals surface area contributed by atoms with E-state index in [-0.39, 0.29) is 11.3 Å². The van der Waals surface area contributed by atoms with Crippen molar-refractivity contribution >= 4 is 34.6 Å². The number of carbonyl (C=O) groups is 2. The number of hydrogen-bond donors (Lipinski definition) is 1. The van der Waals surface area contributed by atoms with Gasteiger partial charge in [0.05, 0.1) is 38.4 Å². The highest BCUT2D eigenvalue weighted by Crippen LogP contribution is 2.24. The van der Waals surface area contributed by atoms with E-state index < -0.39 is 33.1 Å². The molecule has 0 bridgehead atoms. The third-order valence-corrected chi connectivity index (χ3v) is 4.24. The molecule has 0 saturated heterocycles. The van der Waals surface area contributed by atoms with Crippen molar-refractivity contribution in [3.63, 3.8) is 0 Å². The van der Waals surface area contributed by atoms with Crippen LogP contribution in [0.2, 0.25) is 0 Å². The Hall–Kier alpha value is -5.00. The van der Waals surface area contributed by atoms with Gasteiger partial charge in [-0.15, -0.1) is 10.2 Å². The van der Waals surface area contributed by atoms with E-state index in [4.69, 9.17) is 4.84 Å². The molecular weight excluding hydrogens is 434 g/mol. The molecule has 33 heavy (non-hydrogen) atoms. The van der Waals surface area contributed by atoms with Crippen molar-refractivity contribution in [2.75, 3.05) is 5.48 Å². The number of anilines is 1. The molecule has 0 spiro atoms. The highest BCUT2D eigenvalue weighted by molar-refractivity contribution is 5.96. The number of nitro benzene ring substituents is 2. The first-order valence-corrected chi connectivity index (χ1v) is 9.27. The fourth-order valence-corrected chi connectivity index (χ4v) is 2.54. The second-order valence-corrected chi connectivity index (χ2v) is 6.66. The maximum absolute atomic E-state index is 12.2. The first-order valence-electron chi connectivity index (χ1n) is 9.27. The molecule has 166 valence electrons. The minimum absolute atomic E-state index is 0.249. The summed E-state index contributed by atoms with van der Waals surface area (Å²) in [5, 5.41) is 29.0. The number of hydrogen-bond acceptors (Lipinski definition) is 9. The summed E-state index contributed by atoms with van der Waals surface area (Å²) in [5.74, 6) is -1.56. The maximum Gasteiger partial charge on any atom is 0.362 e. The summed E-state index contributed by atoms with van der Waals surface area (Å²) in [6.45, 7) is 1.90. The average molecular weight is 449 g/mol. The first kappa shape index (κ1) is 22.7. The molecule has 3 rings (SSSR count). The fraction of sp³-hybridized carbons (Fsp3) is 0.0476. The average Bonchev–Trinajstić information content (AvgIpc) is 2.81. The van der Waals surface area contributed by atoms with Crippen molar-refractivity contribution < 1.29 is 24.3 Å². The number of non-ortho nitro benzene ring substituents is 2. The van der Waals surface area contributed by atoms with Gasteiger partial charge < -0.3 is 4.84 Å². The Bertz CT molecular complexity index is 1220. The zero-order chi connectivity index (χ0) is 24.0. The van der Waals surface area contributed by atoms with Crippen LogP contribution in [-0.4, -0.2) is 21.7 Å². The zero-order valence-electron chi connectivity index (χ0n) is 17.0. The minimum Gasteiger partial charge on any atom is -0.338 e. The van der Waals surface area contributed by atoms with Crippen molar-refractivity contribution in [3.05, 3.63) is 104 Å². The predicted molar refractivity (Wildman–Crippen MR) is 115 cm³/mol. The van der Waals surface area contributed by atoms with Crippen LogP contribution in [0, 0.1) is 27.2 Å². The van der Waals surface area contributed by atoms with Gasteiger partial charge in [-0.05, 0) is 43.3 Å². The zero-order valence-corrected chi connectivity index (χ0v) is 17.0. The van der Waals surface area contributed by atoms with Gasteiger partial charge in [-0.1, -0.05) is 17.7 Å². The molecule has 0 heterocycles. The first-order chi connectivity index (χ1) is 15.7. The van der Waals surface area contributed by atoms with Crippen LogP contribution in [0.25, 0.3) is 0 Å². The minimum atomic E-state index is -0.990. The van der Waals surface area contributed by atoms with Gasteiger partial charge in [-0.25, -0.2) is 10.3 Å². The van der Waals surface area contributed by atoms with Gasteiger partial charge in [-0.3, -0.25) is 25.0 Å². The molecular formula is C21H15N5O7. The molecule has 12 heteroatoms. The Labute approximate surface area is 185 Å². The molecule has 1 N–H and O–H groups in total. The normalized spacial score (nSPS) is 10.6. The van der Waals surface area contributed by atoms with Gasteiger partial charge in [0.2, 0.25) is 0 Å². The van der Waals surface area contributed by atoms with Gasteiger partial charge >= 0.3 is 5.97 Å². The monoisotopic (exact) mass is 449 g/mol. The molecule has 0 saturated carbocycles. The van der Waals surface area contributed by atoms with Crippen molar-refractivity contribution in [2.24, 2.45) is 10.2 Å². The predicted octanol–water partition coefficient (Wildman–Crippen LogP) is 4.92. The van der Waals surface area contributed by atoms with Crippen LogP contribution >= 0.6 is 0 Å². The number of amides is 1. The molecule has 0 radical (unpaired) electrons. The fourth-order valence-electron chi connectivity index (χ4n) is 2.54. The maximum atomic E-state index is 12.2. The summed E-state index contributed by atoms with van der Waals surface area (Å²) in [7, 11) is 0.